The van der Waals surface area contributed by atoms with Gasteiger partial charge in [-0.05, 0) is 23.3 Å². The number of hydrogen-bond acceptors (Lipinski definition) is 7. The molecule has 0 aliphatic rings. The Balaban J connectivity index is 1.73. The number of aromatic nitrogens is 1. The predicted molar refractivity (Wildman–Crippen MR) is 131 cm³/mol. The normalized spacial score (nSPS) is 12.1. The number of benzene rings is 2. The molecule has 0 aliphatic carbocycles. The van der Waals surface area contributed by atoms with Crippen LogP contribution >= 0.6 is 0 Å². The van der Waals surface area contributed by atoms with Crippen LogP contribution in [0.5, 0.6) is 0 Å². The van der Waals surface area contributed by atoms with Gasteiger partial charge >= 0.3 is 11.9 Å². The molecular weight excluding hydrogens is 462 g/mol. The SMILES string of the molecule is COC(=O)[C@H](Cc1ccccc1)NC(=O)c1cccc(C(=O)N[C@H](Cc2ccccc2)C(=O)OC)n1. The molecule has 1 heterocycles. The molecule has 2 atom stereocenters. The first-order valence-corrected chi connectivity index (χ1v) is 11.2. The van der Waals surface area contributed by atoms with Gasteiger partial charge in [-0.25, -0.2) is 14.6 Å². The summed E-state index contributed by atoms with van der Waals surface area (Å²) >= 11 is 0. The molecule has 3 aromatic rings. The fourth-order valence-electron chi connectivity index (χ4n) is 3.52. The van der Waals surface area contributed by atoms with Crippen molar-refractivity contribution in [3.05, 3.63) is 101 Å². The molecule has 36 heavy (non-hydrogen) atoms. The molecule has 1 aromatic heterocycles. The maximum atomic E-state index is 12.9. The number of pyridine rings is 1. The lowest BCUT2D eigenvalue weighted by Gasteiger charge is -2.17. The molecule has 0 saturated heterocycles. The molecule has 2 amide bonds. The van der Waals surface area contributed by atoms with E-state index in [1.165, 1.54) is 32.4 Å². The molecule has 0 spiro atoms. The van der Waals surface area contributed by atoms with Crippen molar-refractivity contribution in [3.63, 3.8) is 0 Å². The summed E-state index contributed by atoms with van der Waals surface area (Å²) in [6, 6.07) is 20.8. The lowest BCUT2D eigenvalue weighted by Crippen LogP contribution is -2.44. The molecular formula is C27H27N3O6. The van der Waals surface area contributed by atoms with Gasteiger partial charge < -0.3 is 20.1 Å². The van der Waals surface area contributed by atoms with Gasteiger partial charge in [0.05, 0.1) is 14.2 Å². The molecule has 2 aromatic carbocycles. The van der Waals surface area contributed by atoms with Gasteiger partial charge in [-0.1, -0.05) is 66.7 Å². The van der Waals surface area contributed by atoms with Crippen LogP contribution in [0.4, 0.5) is 0 Å². The molecule has 3 rings (SSSR count). The fourth-order valence-corrected chi connectivity index (χ4v) is 3.52. The summed E-state index contributed by atoms with van der Waals surface area (Å²) in [5.74, 6) is -2.51. The maximum absolute atomic E-state index is 12.9. The minimum atomic E-state index is -0.946. The third-order valence-electron chi connectivity index (χ3n) is 5.36. The summed E-state index contributed by atoms with van der Waals surface area (Å²) in [5.41, 5.74) is 1.53. The Hall–Kier alpha value is -4.53. The average Bonchev–Trinajstić information content (AvgIpc) is 2.92. The molecule has 9 nitrogen and oxygen atoms in total. The Bertz CT molecular complexity index is 1110. The highest BCUT2D eigenvalue weighted by molar-refractivity contribution is 5.98. The van der Waals surface area contributed by atoms with E-state index in [4.69, 9.17) is 9.47 Å². The number of methoxy groups -OCH3 is 2. The van der Waals surface area contributed by atoms with Gasteiger partial charge in [0.15, 0.2) is 0 Å². The summed E-state index contributed by atoms with van der Waals surface area (Å²) < 4.78 is 9.65. The van der Waals surface area contributed by atoms with Crippen LogP contribution in [0.1, 0.15) is 32.1 Å². The first kappa shape index (κ1) is 26.1. The van der Waals surface area contributed by atoms with Crippen LogP contribution in [-0.4, -0.2) is 55.0 Å². The number of carbonyl (C=O) groups is 4. The second-order valence-electron chi connectivity index (χ2n) is 7.89. The fraction of sp³-hybridized carbons (Fsp3) is 0.222. The molecule has 2 N–H and O–H groups in total. The topological polar surface area (TPSA) is 124 Å². The smallest absolute Gasteiger partial charge is 0.328 e. The van der Waals surface area contributed by atoms with E-state index in [0.717, 1.165) is 11.1 Å². The van der Waals surface area contributed by atoms with Crippen molar-refractivity contribution in [1.29, 1.82) is 0 Å². The van der Waals surface area contributed by atoms with Crippen LogP contribution in [0.15, 0.2) is 78.9 Å². The van der Waals surface area contributed by atoms with E-state index in [-0.39, 0.29) is 24.2 Å². The lowest BCUT2D eigenvalue weighted by atomic mass is 10.1. The minimum Gasteiger partial charge on any atom is -0.467 e. The molecule has 0 bridgehead atoms. The zero-order chi connectivity index (χ0) is 25.9. The summed E-state index contributed by atoms with van der Waals surface area (Å²) in [6.45, 7) is 0. The van der Waals surface area contributed by atoms with Crippen LogP contribution in [-0.2, 0) is 31.9 Å². The number of nitrogens with zero attached hydrogens (tertiary/aromatic N) is 1. The van der Waals surface area contributed by atoms with Crippen LogP contribution in [0.2, 0.25) is 0 Å². The Morgan fingerprint density at radius 1 is 0.639 bits per heavy atom. The predicted octanol–water partition coefficient (Wildman–Crippen LogP) is 2.11. The van der Waals surface area contributed by atoms with Gasteiger partial charge in [0, 0.05) is 12.8 Å². The maximum Gasteiger partial charge on any atom is 0.328 e. The number of ether oxygens (including phenoxy) is 2. The quantitative estimate of drug-likeness (QED) is 0.418. The van der Waals surface area contributed by atoms with Crippen molar-refractivity contribution >= 4 is 23.8 Å². The van der Waals surface area contributed by atoms with Crippen molar-refractivity contribution in [2.45, 2.75) is 24.9 Å². The first-order valence-electron chi connectivity index (χ1n) is 11.2. The van der Waals surface area contributed by atoms with Crippen molar-refractivity contribution < 1.29 is 28.7 Å². The minimum absolute atomic E-state index is 0.0673. The average molecular weight is 490 g/mol. The van der Waals surface area contributed by atoms with Crippen molar-refractivity contribution in [2.24, 2.45) is 0 Å². The Kier molecular flexibility index (Phi) is 9.27. The molecule has 0 saturated carbocycles. The third-order valence-corrected chi connectivity index (χ3v) is 5.36. The summed E-state index contributed by atoms with van der Waals surface area (Å²) in [5, 5.41) is 5.24. The van der Waals surface area contributed by atoms with Gasteiger partial charge in [0.1, 0.15) is 23.5 Å². The van der Waals surface area contributed by atoms with Crippen LogP contribution < -0.4 is 10.6 Å². The van der Waals surface area contributed by atoms with Gasteiger partial charge in [-0.15, -0.1) is 0 Å². The van der Waals surface area contributed by atoms with Gasteiger partial charge in [-0.2, -0.15) is 0 Å². The van der Waals surface area contributed by atoms with Crippen LogP contribution in [0.3, 0.4) is 0 Å². The number of nitrogens with one attached hydrogen (secondary N) is 2. The highest BCUT2D eigenvalue weighted by Gasteiger charge is 2.25. The lowest BCUT2D eigenvalue weighted by molar-refractivity contribution is -0.143. The molecule has 0 fully saturated rings. The third kappa shape index (κ3) is 7.23. The molecule has 0 radical (unpaired) electrons. The van der Waals surface area contributed by atoms with E-state index in [2.05, 4.69) is 15.6 Å². The van der Waals surface area contributed by atoms with E-state index in [0.29, 0.717) is 0 Å². The summed E-state index contributed by atoms with van der Waals surface area (Å²) in [4.78, 5) is 54.4. The van der Waals surface area contributed by atoms with Crippen molar-refractivity contribution in [1.82, 2.24) is 15.6 Å². The van der Waals surface area contributed by atoms with Crippen LogP contribution in [0, 0.1) is 0 Å². The number of rotatable bonds is 10. The number of amides is 2. The Morgan fingerprint density at radius 3 is 1.39 bits per heavy atom. The van der Waals surface area contributed by atoms with E-state index in [1.807, 2.05) is 60.7 Å². The van der Waals surface area contributed by atoms with Crippen molar-refractivity contribution in [3.8, 4) is 0 Å². The van der Waals surface area contributed by atoms with Crippen LogP contribution in [0.25, 0.3) is 0 Å². The number of carbonyl (C=O) groups excluding carboxylic acids is 4. The largest absolute Gasteiger partial charge is 0.467 e. The van der Waals surface area contributed by atoms with E-state index in [9.17, 15) is 19.2 Å². The zero-order valence-corrected chi connectivity index (χ0v) is 20.0. The van der Waals surface area contributed by atoms with E-state index >= 15 is 0 Å². The number of esters is 2. The Morgan fingerprint density at radius 2 is 1.03 bits per heavy atom. The zero-order valence-electron chi connectivity index (χ0n) is 20.0. The van der Waals surface area contributed by atoms with Gasteiger partial charge in [0.25, 0.3) is 11.8 Å². The second kappa shape index (κ2) is 12.8. The Labute approximate surface area is 208 Å². The highest BCUT2D eigenvalue weighted by atomic mass is 16.5. The second-order valence-corrected chi connectivity index (χ2v) is 7.89. The van der Waals surface area contributed by atoms with Crippen molar-refractivity contribution in [2.75, 3.05) is 14.2 Å². The number of hydrogen-bond donors (Lipinski definition) is 2. The molecule has 0 aliphatic heterocycles. The standard InChI is InChI=1S/C27H27N3O6/c1-35-26(33)22(16-18-10-5-3-6-11-18)29-24(31)20-14-9-15-21(28-20)25(32)30-23(27(34)36-2)17-19-12-7-4-8-13-19/h3-15,22-23H,16-17H2,1-2H3,(H,29,31)(H,30,32)/t22-,23+. The van der Waals surface area contributed by atoms with Gasteiger partial charge in [0.2, 0.25) is 0 Å². The molecule has 9 heteroatoms. The molecule has 186 valence electrons. The van der Waals surface area contributed by atoms with E-state index < -0.39 is 35.8 Å². The first-order chi connectivity index (χ1) is 17.4. The summed E-state index contributed by atoms with van der Waals surface area (Å²) in [6.07, 6.45) is 0.444. The van der Waals surface area contributed by atoms with Gasteiger partial charge in [-0.3, -0.25) is 9.59 Å². The monoisotopic (exact) mass is 489 g/mol. The highest BCUT2D eigenvalue weighted by Crippen LogP contribution is 2.08. The molecule has 0 unspecified atom stereocenters. The van der Waals surface area contributed by atoms with E-state index in [1.54, 1.807) is 0 Å². The summed E-state index contributed by atoms with van der Waals surface area (Å²) in [7, 11) is 2.48.